The molecule has 0 spiro atoms. The summed E-state index contributed by atoms with van der Waals surface area (Å²) < 4.78 is 0. The first kappa shape index (κ1) is 69.0. The molecule has 48 heavy (non-hydrogen) atoms. The van der Waals surface area contributed by atoms with Gasteiger partial charge < -0.3 is 39.6 Å². The molecule has 0 amide bonds. The van der Waals surface area contributed by atoms with Crippen molar-refractivity contribution in [2.24, 2.45) is 59.2 Å². The van der Waals surface area contributed by atoms with Crippen molar-refractivity contribution in [3.05, 3.63) is 43.9 Å². The van der Waals surface area contributed by atoms with E-state index in [1.54, 1.807) is 6.92 Å². The first-order chi connectivity index (χ1) is 20.3. The third-order valence-electron chi connectivity index (χ3n) is 9.09. The van der Waals surface area contributed by atoms with E-state index in [1.807, 2.05) is 27.6 Å². The second kappa shape index (κ2) is 42.4. The van der Waals surface area contributed by atoms with Gasteiger partial charge >= 0.3 is 23.1 Å². The molecule has 0 bridgehead atoms. The Balaban J connectivity index is -0.0000000473. The Kier molecular flexibility index (Phi) is 61.0. The van der Waals surface area contributed by atoms with Crippen LogP contribution in [0.5, 0.6) is 0 Å². The van der Waals surface area contributed by atoms with Crippen molar-refractivity contribution < 1.29 is 38.4 Å². The van der Waals surface area contributed by atoms with E-state index in [-0.39, 0.29) is 56.5 Å². The van der Waals surface area contributed by atoms with Gasteiger partial charge in [-0.25, -0.2) is 0 Å². The van der Waals surface area contributed by atoms with Crippen LogP contribution in [0.25, 0.3) is 0 Å². The largest absolute Gasteiger partial charge is 2.00 e. The van der Waals surface area contributed by atoms with E-state index < -0.39 is 0 Å². The second-order valence-corrected chi connectivity index (χ2v) is 14.3. The minimum absolute atomic E-state index is 0. The van der Waals surface area contributed by atoms with Gasteiger partial charge in [0.25, 0.3) is 0 Å². The van der Waals surface area contributed by atoms with Crippen molar-refractivity contribution >= 4 is 42.4 Å². The summed E-state index contributed by atoms with van der Waals surface area (Å²) in [6, 6.07) is 0. The monoisotopic (exact) mass is 717 g/mol. The van der Waals surface area contributed by atoms with Gasteiger partial charge in [0.1, 0.15) is 19.4 Å². The molecule has 7 unspecified atom stereocenters. The van der Waals surface area contributed by atoms with E-state index in [0.717, 1.165) is 18.1 Å². The van der Waals surface area contributed by atoms with E-state index in [1.165, 1.54) is 5.57 Å². The Hall–Kier alpha value is -0.794. The summed E-state index contributed by atoms with van der Waals surface area (Å²) in [5.74, 6) is 5.37. The van der Waals surface area contributed by atoms with Crippen LogP contribution in [0.3, 0.4) is 0 Å². The molecule has 0 heterocycles. The van der Waals surface area contributed by atoms with Crippen molar-refractivity contribution in [1.82, 2.24) is 0 Å². The molecule has 0 aliphatic rings. The third-order valence-corrected chi connectivity index (χ3v) is 9.09. The number of aldehydes is 2. The molecule has 2 N–H and O–H groups in total. The molecule has 0 saturated carbocycles. The molecular weight excluding hydrogens is 632 g/mol. The van der Waals surface area contributed by atoms with Crippen LogP contribution in [-0.4, -0.2) is 64.8 Å². The number of carbonyl (C=O) groups is 3. The summed E-state index contributed by atoms with van der Waals surface area (Å²) in [6.07, 6.45) is 2.00. The number of aliphatic hydroxyl groups excluding tert-OH is 2. The van der Waals surface area contributed by atoms with E-state index in [0.29, 0.717) is 71.2 Å². The molecule has 0 saturated heterocycles. The Bertz CT molecular complexity index is 740. The van der Waals surface area contributed by atoms with Crippen LogP contribution in [0.15, 0.2) is 36.5 Å². The summed E-state index contributed by atoms with van der Waals surface area (Å²) in [7, 11) is 0. The van der Waals surface area contributed by atoms with Gasteiger partial charge in [-0.1, -0.05) is 129 Å². The van der Waals surface area contributed by atoms with E-state index in [4.69, 9.17) is 9.90 Å². The number of hydrogen-bond acceptors (Lipinski definition) is 5. The maximum Gasteiger partial charge on any atom is 2.00 e. The summed E-state index contributed by atoms with van der Waals surface area (Å²) in [5.41, 5.74) is 2.90. The number of hydrogen-bond donors (Lipinski definition) is 2. The molecule has 7 atom stereocenters. The van der Waals surface area contributed by atoms with Crippen LogP contribution in [-0.2, 0) is 14.4 Å². The Morgan fingerprint density at radius 1 is 0.646 bits per heavy atom. The van der Waals surface area contributed by atoms with Crippen LogP contribution >= 0.6 is 0 Å². The molecular formula is C41H85ClMgO5. The standard InChI is InChI=1S/C9H20O.C9H18O.C8H14O.C7H14O.C6H12.CH2O.CH3.ClH.Mg.H2/c2*1-6(2)7(3)8(4)9(5)10;1-6(2)8(4)7(3)5-9;1-6(2)7(3)4-5-8;1-5(2)6(3)4;1-2;;;;/h6-10H,1-5H3;6-7,9-10H,4H2,1-3,5H3;5-6,8H,3H2,1-2,4H3;5-7H,4H2,1-3H3;6H,1H2,2-4H3;1H2;1H3;1H;;1H/q;;;;;;-1;;+2;/p-1. The smallest absolute Gasteiger partial charge is 1.00 e. The van der Waals surface area contributed by atoms with Gasteiger partial charge in [0.05, 0.1) is 12.2 Å². The Labute approximate surface area is 325 Å². The molecule has 0 fully saturated rings. The van der Waals surface area contributed by atoms with Gasteiger partial charge in [-0.05, 0) is 91.1 Å². The van der Waals surface area contributed by atoms with Crippen LogP contribution in [0.1, 0.15) is 132 Å². The average molecular weight is 718 g/mol. The molecule has 0 aromatic rings. The molecule has 7 heteroatoms. The minimum Gasteiger partial charge on any atom is -1.00 e. The van der Waals surface area contributed by atoms with Crippen LogP contribution in [0, 0.1) is 66.6 Å². The summed E-state index contributed by atoms with van der Waals surface area (Å²) in [6.45, 7) is 50.8. The molecule has 0 aromatic carbocycles. The van der Waals surface area contributed by atoms with Crippen LogP contribution < -0.4 is 12.4 Å². The van der Waals surface area contributed by atoms with Gasteiger partial charge in [0.2, 0.25) is 0 Å². The molecule has 288 valence electrons. The van der Waals surface area contributed by atoms with Gasteiger partial charge in [-0.3, -0.25) is 4.79 Å². The zero-order chi connectivity index (χ0) is 37.8. The fourth-order valence-corrected chi connectivity index (χ4v) is 2.81. The van der Waals surface area contributed by atoms with Gasteiger partial charge in [0.15, 0.2) is 0 Å². The zero-order valence-corrected chi connectivity index (χ0v) is 37.5. The summed E-state index contributed by atoms with van der Waals surface area (Å²) in [4.78, 5) is 28.1. The van der Waals surface area contributed by atoms with Crippen LogP contribution in [0.4, 0.5) is 0 Å². The second-order valence-electron chi connectivity index (χ2n) is 14.3. The van der Waals surface area contributed by atoms with Crippen LogP contribution in [0.2, 0.25) is 0 Å². The first-order valence-electron chi connectivity index (χ1n) is 16.9. The third kappa shape index (κ3) is 45.2. The first-order valence-corrected chi connectivity index (χ1v) is 16.9. The normalized spacial score (nSPS) is 13.9. The number of halogens is 1. The molecule has 0 rings (SSSR count). The van der Waals surface area contributed by atoms with Gasteiger partial charge in [-0.2, -0.15) is 0 Å². The SMILES string of the molecule is C=C(C(C)O)C(C)C(C)C.C=C(C)C(C)C.C=C(C=O)C(C)C(C)C.C=O.CC(C)C(C)C(C)C(C)O.CC(C)C(C)CC=O.[CH3-].[Cl-].[HH].[Mg+2]. The number of aliphatic hydroxyl groups is 2. The number of allylic oxidation sites excluding steroid dienone is 2. The number of rotatable bonds is 13. The maximum atomic E-state index is 10.2. The Morgan fingerprint density at radius 3 is 1.06 bits per heavy atom. The average Bonchev–Trinajstić information content (AvgIpc) is 2.96. The zero-order valence-electron chi connectivity index (χ0n) is 35.3. The number of carbonyl (C=O) groups excluding carboxylic acids is 3. The van der Waals surface area contributed by atoms with Crippen molar-refractivity contribution in [3.63, 3.8) is 0 Å². The predicted octanol–water partition coefficient (Wildman–Crippen LogP) is 7.77. The molecule has 5 nitrogen and oxygen atoms in total. The molecule has 0 radical (unpaired) electrons. The topological polar surface area (TPSA) is 91.7 Å². The van der Waals surface area contributed by atoms with E-state index in [2.05, 4.69) is 117 Å². The van der Waals surface area contributed by atoms with E-state index in [9.17, 15) is 14.7 Å². The fraction of sp³-hybridized carbons (Fsp3) is 0.756. The van der Waals surface area contributed by atoms with Crippen molar-refractivity contribution in [2.45, 2.75) is 143 Å². The van der Waals surface area contributed by atoms with E-state index >= 15 is 0 Å². The molecule has 0 aromatic heterocycles. The predicted molar refractivity (Wildman–Crippen MR) is 215 cm³/mol. The summed E-state index contributed by atoms with van der Waals surface area (Å²) in [5, 5.41) is 18.4. The molecule has 0 aliphatic carbocycles. The molecule has 0 aliphatic heterocycles. The fourth-order valence-electron chi connectivity index (χ4n) is 2.81. The van der Waals surface area contributed by atoms with Crippen molar-refractivity contribution in [1.29, 1.82) is 0 Å². The Morgan fingerprint density at radius 2 is 0.979 bits per heavy atom. The minimum atomic E-state index is -0.364. The van der Waals surface area contributed by atoms with Gasteiger partial charge in [0, 0.05) is 7.85 Å². The maximum absolute atomic E-state index is 10.2. The van der Waals surface area contributed by atoms with Crippen molar-refractivity contribution in [2.75, 3.05) is 0 Å². The summed E-state index contributed by atoms with van der Waals surface area (Å²) >= 11 is 0. The van der Waals surface area contributed by atoms with Gasteiger partial charge in [-0.15, -0.1) is 0 Å². The van der Waals surface area contributed by atoms with Crippen molar-refractivity contribution in [3.8, 4) is 0 Å². The quantitative estimate of drug-likeness (QED) is 0.0669.